The first-order valence-electron chi connectivity index (χ1n) is 11.4. The first kappa shape index (κ1) is 28.3. The number of halogens is 1. The van der Waals surface area contributed by atoms with Crippen LogP contribution in [-0.2, 0) is 26.3 Å². The summed E-state index contributed by atoms with van der Waals surface area (Å²) in [4.78, 5) is 27.6. The van der Waals surface area contributed by atoms with Crippen molar-refractivity contribution < 1.29 is 22.4 Å². The molecule has 1 N–H and O–H groups in total. The number of hydrogen-bond acceptors (Lipinski definition) is 4. The van der Waals surface area contributed by atoms with Gasteiger partial charge in [-0.05, 0) is 57.9 Å². The molecule has 0 saturated heterocycles. The SMILES string of the molecule is Cc1ccc(C)c(N(CC(=O)N(Cc2ccccc2F)[C@@H](C)C(=O)NC(C)C)S(=O)(=O)N(C)C)c1. The Morgan fingerprint density at radius 2 is 1.66 bits per heavy atom. The van der Waals surface area contributed by atoms with Crippen molar-refractivity contribution in [2.24, 2.45) is 0 Å². The van der Waals surface area contributed by atoms with Crippen LogP contribution in [-0.4, -0.2) is 62.2 Å². The van der Waals surface area contributed by atoms with Gasteiger partial charge in [-0.3, -0.25) is 9.59 Å². The lowest BCUT2D eigenvalue weighted by Gasteiger charge is -2.33. The predicted octanol–water partition coefficient (Wildman–Crippen LogP) is 3.00. The van der Waals surface area contributed by atoms with Crippen LogP contribution in [0.3, 0.4) is 0 Å². The van der Waals surface area contributed by atoms with Crippen molar-refractivity contribution in [2.75, 3.05) is 24.9 Å². The molecule has 0 fully saturated rings. The second-order valence-corrected chi connectivity index (χ2v) is 11.1. The maximum atomic E-state index is 14.5. The lowest BCUT2D eigenvalue weighted by molar-refractivity contribution is -0.139. The second-order valence-electron chi connectivity index (χ2n) is 9.04. The Balaban J connectivity index is 2.53. The van der Waals surface area contributed by atoms with Crippen LogP contribution in [0, 0.1) is 19.7 Å². The Morgan fingerprint density at radius 3 is 2.23 bits per heavy atom. The smallest absolute Gasteiger partial charge is 0.304 e. The van der Waals surface area contributed by atoms with E-state index in [-0.39, 0.29) is 18.2 Å². The highest BCUT2D eigenvalue weighted by molar-refractivity contribution is 7.90. The van der Waals surface area contributed by atoms with Crippen LogP contribution in [0.25, 0.3) is 0 Å². The van der Waals surface area contributed by atoms with Gasteiger partial charge in [-0.2, -0.15) is 12.7 Å². The van der Waals surface area contributed by atoms with Crippen LogP contribution in [0.2, 0.25) is 0 Å². The zero-order valence-corrected chi connectivity index (χ0v) is 22.2. The highest BCUT2D eigenvalue weighted by atomic mass is 32.2. The van der Waals surface area contributed by atoms with E-state index in [0.717, 1.165) is 14.2 Å². The van der Waals surface area contributed by atoms with E-state index in [1.165, 1.54) is 37.2 Å². The van der Waals surface area contributed by atoms with E-state index in [4.69, 9.17) is 0 Å². The van der Waals surface area contributed by atoms with E-state index in [0.29, 0.717) is 11.3 Å². The molecule has 0 aromatic heterocycles. The average molecular weight is 507 g/mol. The van der Waals surface area contributed by atoms with E-state index in [1.54, 1.807) is 45.9 Å². The Hall–Kier alpha value is -2.98. The van der Waals surface area contributed by atoms with Crippen LogP contribution >= 0.6 is 0 Å². The van der Waals surface area contributed by atoms with Gasteiger partial charge in [0.25, 0.3) is 0 Å². The molecular weight excluding hydrogens is 471 g/mol. The topological polar surface area (TPSA) is 90.0 Å². The van der Waals surface area contributed by atoms with Gasteiger partial charge in [0.2, 0.25) is 11.8 Å². The number of hydrogen-bond donors (Lipinski definition) is 1. The molecule has 0 aliphatic rings. The molecule has 2 rings (SSSR count). The van der Waals surface area contributed by atoms with Crippen molar-refractivity contribution in [3.05, 3.63) is 65.0 Å². The third-order valence-corrected chi connectivity index (χ3v) is 7.35. The van der Waals surface area contributed by atoms with Crippen molar-refractivity contribution in [3.63, 3.8) is 0 Å². The summed E-state index contributed by atoms with van der Waals surface area (Å²) in [7, 11) is -1.30. The van der Waals surface area contributed by atoms with E-state index in [9.17, 15) is 22.4 Å². The fraction of sp³-hybridized carbons (Fsp3) is 0.440. The molecule has 0 aliphatic heterocycles. The monoisotopic (exact) mass is 506 g/mol. The third-order valence-electron chi connectivity index (χ3n) is 5.55. The lowest BCUT2D eigenvalue weighted by atomic mass is 10.1. The molecule has 2 amide bonds. The molecule has 0 unspecified atom stereocenters. The summed E-state index contributed by atoms with van der Waals surface area (Å²) in [5.74, 6) is -1.57. The Bertz CT molecular complexity index is 1170. The van der Waals surface area contributed by atoms with Gasteiger partial charge in [0.05, 0.1) is 5.69 Å². The quantitative estimate of drug-likeness (QED) is 0.537. The largest absolute Gasteiger partial charge is 0.352 e. The van der Waals surface area contributed by atoms with Crippen LogP contribution < -0.4 is 9.62 Å². The van der Waals surface area contributed by atoms with Crippen molar-refractivity contribution in [1.82, 2.24) is 14.5 Å². The summed E-state index contributed by atoms with van der Waals surface area (Å²) >= 11 is 0. The number of amides is 2. The van der Waals surface area contributed by atoms with Gasteiger partial charge in [0.1, 0.15) is 18.4 Å². The molecule has 8 nitrogen and oxygen atoms in total. The number of rotatable bonds is 10. The first-order chi connectivity index (χ1) is 16.2. The van der Waals surface area contributed by atoms with Gasteiger partial charge < -0.3 is 10.2 Å². The van der Waals surface area contributed by atoms with Crippen LogP contribution in [0.5, 0.6) is 0 Å². The van der Waals surface area contributed by atoms with Gasteiger partial charge in [-0.1, -0.05) is 30.3 Å². The van der Waals surface area contributed by atoms with Gasteiger partial charge in [-0.25, -0.2) is 8.70 Å². The maximum absolute atomic E-state index is 14.5. The number of nitrogens with one attached hydrogen (secondary N) is 1. The summed E-state index contributed by atoms with van der Waals surface area (Å²) in [6.07, 6.45) is 0. The first-order valence-corrected chi connectivity index (χ1v) is 12.8. The lowest BCUT2D eigenvalue weighted by Crippen LogP contribution is -2.53. The number of aryl methyl sites for hydroxylation is 2. The fourth-order valence-electron chi connectivity index (χ4n) is 3.49. The van der Waals surface area contributed by atoms with Gasteiger partial charge in [0.15, 0.2) is 0 Å². The van der Waals surface area contributed by atoms with Gasteiger partial charge in [0, 0.05) is 32.2 Å². The molecule has 0 bridgehead atoms. The third kappa shape index (κ3) is 7.02. The standard InChI is InChI=1S/C25H35FN4O4S/c1-17(2)27-25(32)20(5)29(15-21-10-8-9-11-22(21)26)24(31)16-30(35(33,34)28(6)7)23-14-18(3)12-13-19(23)4/h8-14,17,20H,15-16H2,1-7H3,(H,27,32)/t20-/m0/s1. The molecule has 10 heteroatoms. The zero-order chi connectivity index (χ0) is 26.5. The molecule has 0 saturated carbocycles. The minimum Gasteiger partial charge on any atom is -0.352 e. The van der Waals surface area contributed by atoms with Crippen LogP contribution in [0.1, 0.15) is 37.5 Å². The molecule has 0 spiro atoms. The van der Waals surface area contributed by atoms with E-state index < -0.39 is 40.4 Å². The molecule has 2 aromatic rings. The van der Waals surface area contributed by atoms with Crippen molar-refractivity contribution in [1.29, 1.82) is 0 Å². The summed E-state index contributed by atoms with van der Waals surface area (Å²) < 4.78 is 43.0. The fourth-order valence-corrected chi connectivity index (χ4v) is 4.60. The number of benzene rings is 2. The number of nitrogens with zero attached hydrogens (tertiary/aromatic N) is 3. The molecule has 1 atom stereocenters. The summed E-state index contributed by atoms with van der Waals surface area (Å²) in [5, 5.41) is 2.76. The molecular formula is C25H35FN4O4S. The van der Waals surface area contributed by atoms with E-state index in [1.807, 2.05) is 13.0 Å². The van der Waals surface area contributed by atoms with E-state index >= 15 is 0 Å². The minimum absolute atomic E-state index is 0.170. The van der Waals surface area contributed by atoms with Crippen molar-refractivity contribution in [3.8, 4) is 0 Å². The van der Waals surface area contributed by atoms with Crippen molar-refractivity contribution in [2.45, 2.75) is 53.2 Å². The van der Waals surface area contributed by atoms with Crippen LogP contribution in [0.15, 0.2) is 42.5 Å². The number of carbonyl (C=O) groups is 2. The molecule has 0 aliphatic carbocycles. The zero-order valence-electron chi connectivity index (χ0n) is 21.4. The molecule has 2 aromatic carbocycles. The molecule has 0 heterocycles. The average Bonchev–Trinajstić information content (AvgIpc) is 2.77. The van der Waals surface area contributed by atoms with E-state index in [2.05, 4.69) is 5.32 Å². The number of carbonyl (C=O) groups excluding carboxylic acids is 2. The normalized spacial score (nSPS) is 12.5. The Labute approximate surface area is 207 Å². The Kier molecular flexibility index (Phi) is 9.39. The summed E-state index contributed by atoms with van der Waals surface area (Å²) in [6.45, 7) is 7.96. The molecule has 0 radical (unpaired) electrons. The Morgan fingerprint density at radius 1 is 1.03 bits per heavy atom. The second kappa shape index (κ2) is 11.6. The highest BCUT2D eigenvalue weighted by Gasteiger charge is 2.33. The summed E-state index contributed by atoms with van der Waals surface area (Å²) in [5.41, 5.74) is 2.07. The van der Waals surface area contributed by atoms with Gasteiger partial charge in [-0.15, -0.1) is 0 Å². The maximum Gasteiger partial charge on any atom is 0.304 e. The van der Waals surface area contributed by atoms with Crippen molar-refractivity contribution >= 4 is 27.7 Å². The molecule has 192 valence electrons. The minimum atomic E-state index is -4.06. The van der Waals surface area contributed by atoms with Crippen LogP contribution in [0.4, 0.5) is 10.1 Å². The van der Waals surface area contributed by atoms with Gasteiger partial charge >= 0.3 is 10.2 Å². The molecule has 35 heavy (non-hydrogen) atoms. The number of anilines is 1. The highest BCUT2D eigenvalue weighted by Crippen LogP contribution is 2.26. The summed E-state index contributed by atoms with van der Waals surface area (Å²) in [6, 6.07) is 10.2. The predicted molar refractivity (Wildman–Crippen MR) is 136 cm³/mol.